The molecule has 0 saturated heterocycles. The van der Waals surface area contributed by atoms with E-state index in [2.05, 4.69) is 5.32 Å². The van der Waals surface area contributed by atoms with E-state index in [0.29, 0.717) is 6.61 Å². The maximum Gasteiger partial charge on any atom is 0.332 e. The quantitative estimate of drug-likeness (QED) is 0.847. The van der Waals surface area contributed by atoms with Gasteiger partial charge in [0.25, 0.3) is 0 Å². The van der Waals surface area contributed by atoms with Crippen LogP contribution in [0.15, 0.2) is 29.2 Å². The molecule has 1 aliphatic rings. The van der Waals surface area contributed by atoms with Crippen LogP contribution in [0.4, 0.5) is 9.57 Å². The highest BCUT2D eigenvalue weighted by molar-refractivity contribution is 7.86. The summed E-state index contributed by atoms with van der Waals surface area (Å²) in [6.07, 6.45) is 3.37. The van der Waals surface area contributed by atoms with Gasteiger partial charge in [0.2, 0.25) is 5.91 Å². The number of amides is 1. The van der Waals surface area contributed by atoms with Crippen LogP contribution in [0, 0.1) is 5.41 Å². The van der Waals surface area contributed by atoms with E-state index in [1.165, 1.54) is 12.1 Å². The number of carbonyl (C=O) groups excluding carboxylic acids is 1. The molecule has 5 nitrogen and oxygen atoms in total. The maximum absolute atomic E-state index is 13.0. The van der Waals surface area contributed by atoms with Gasteiger partial charge >= 0.3 is 10.2 Å². The first-order chi connectivity index (χ1) is 9.87. The Kier molecular flexibility index (Phi) is 4.63. The van der Waals surface area contributed by atoms with Crippen LogP contribution in [0.3, 0.4) is 0 Å². The molecule has 1 aromatic rings. The summed E-state index contributed by atoms with van der Waals surface area (Å²) in [5.41, 5.74) is -0.319. The second-order valence-electron chi connectivity index (χ2n) is 5.34. The molecule has 1 fully saturated rings. The van der Waals surface area contributed by atoms with Crippen molar-refractivity contribution in [1.29, 1.82) is 0 Å². The largest absolute Gasteiger partial charge is 0.384 e. The summed E-state index contributed by atoms with van der Waals surface area (Å²) in [4.78, 5) is 12.0. The summed E-state index contributed by atoms with van der Waals surface area (Å²) >= 11 is 0. The zero-order chi connectivity index (χ0) is 15.5. The predicted octanol–water partition coefficient (Wildman–Crippen LogP) is 2.49. The number of hydrogen-bond acceptors (Lipinski definition) is 4. The molecule has 0 atom stereocenters. The van der Waals surface area contributed by atoms with Gasteiger partial charge in [-0.2, -0.15) is 8.42 Å². The van der Waals surface area contributed by atoms with Gasteiger partial charge in [-0.05, 0) is 31.0 Å². The second kappa shape index (κ2) is 6.11. The molecule has 0 spiro atoms. The summed E-state index contributed by atoms with van der Waals surface area (Å²) in [7, 11) is -3.24. The minimum Gasteiger partial charge on any atom is -0.384 e. The Bertz CT molecular complexity index is 624. The summed E-state index contributed by atoms with van der Waals surface area (Å²) in [5, 5.41) is 2.67. The summed E-state index contributed by atoms with van der Waals surface area (Å²) < 4.78 is 39.9. The molecule has 0 unspecified atom stereocenters. The molecule has 0 aliphatic heterocycles. The highest BCUT2D eigenvalue weighted by Gasteiger charge is 2.41. The number of ether oxygens (including phenoxy) is 1. The molecule has 1 N–H and O–H groups in total. The van der Waals surface area contributed by atoms with Gasteiger partial charge in [0.1, 0.15) is 4.90 Å². The van der Waals surface area contributed by atoms with Crippen molar-refractivity contribution < 1.29 is 21.8 Å². The molecule has 0 heterocycles. The van der Waals surface area contributed by atoms with Crippen molar-refractivity contribution in [2.75, 3.05) is 19.0 Å². The third-order valence-corrected chi connectivity index (χ3v) is 4.65. The Hall–Kier alpha value is -1.47. The summed E-state index contributed by atoms with van der Waals surface area (Å²) in [6.45, 7) is 0.319. The van der Waals surface area contributed by atoms with Gasteiger partial charge in [-0.3, -0.25) is 4.79 Å². The van der Waals surface area contributed by atoms with Crippen LogP contribution in [0.1, 0.15) is 25.7 Å². The number of halogens is 1. The molecule has 2 rings (SSSR count). The van der Waals surface area contributed by atoms with Crippen LogP contribution in [0.5, 0.6) is 0 Å². The Morgan fingerprint density at radius 2 is 2.05 bits per heavy atom. The number of methoxy groups -OCH3 is 1. The first kappa shape index (κ1) is 15.9. The first-order valence-corrected chi connectivity index (χ1v) is 8.11. The van der Waals surface area contributed by atoms with Crippen molar-refractivity contribution in [3.8, 4) is 0 Å². The second-order valence-corrected chi connectivity index (χ2v) is 6.69. The fraction of sp³-hybridized carbons (Fsp3) is 0.500. The van der Waals surface area contributed by atoms with E-state index < -0.39 is 20.5 Å². The van der Waals surface area contributed by atoms with Crippen LogP contribution in [-0.2, 0) is 19.8 Å². The van der Waals surface area contributed by atoms with Crippen molar-refractivity contribution in [2.24, 2.45) is 5.41 Å². The number of carbonyl (C=O) groups is 1. The van der Waals surface area contributed by atoms with Gasteiger partial charge < -0.3 is 10.1 Å². The third-order valence-electron chi connectivity index (χ3n) is 3.84. The van der Waals surface area contributed by atoms with Gasteiger partial charge in [-0.1, -0.05) is 18.9 Å². The standard InChI is InChI=1S/C14H18FNO4S/c1-20-10-14(7-2-3-8-14)13(17)16-11-5-4-6-12(9-11)21(15,18)19/h4-6,9H,2-3,7-8,10H2,1H3,(H,16,17). The van der Waals surface area contributed by atoms with E-state index in [0.717, 1.165) is 37.8 Å². The smallest absolute Gasteiger partial charge is 0.332 e. The minimum absolute atomic E-state index is 0.213. The van der Waals surface area contributed by atoms with E-state index in [1.807, 2.05) is 0 Å². The van der Waals surface area contributed by atoms with Gasteiger partial charge in [-0.15, -0.1) is 3.89 Å². The average molecular weight is 315 g/mol. The van der Waals surface area contributed by atoms with Crippen molar-refractivity contribution in [2.45, 2.75) is 30.6 Å². The Labute approximate surface area is 123 Å². The highest BCUT2D eigenvalue weighted by Crippen LogP contribution is 2.39. The number of rotatable bonds is 5. The Morgan fingerprint density at radius 1 is 1.38 bits per heavy atom. The summed E-state index contributed by atoms with van der Waals surface area (Å²) in [5.74, 6) is -0.213. The van der Waals surface area contributed by atoms with E-state index >= 15 is 0 Å². The minimum atomic E-state index is -4.78. The first-order valence-electron chi connectivity index (χ1n) is 6.72. The van der Waals surface area contributed by atoms with Crippen molar-refractivity contribution in [3.05, 3.63) is 24.3 Å². The molecule has 0 bridgehead atoms. The lowest BCUT2D eigenvalue weighted by Gasteiger charge is -2.26. The molecule has 21 heavy (non-hydrogen) atoms. The average Bonchev–Trinajstić information content (AvgIpc) is 2.88. The van der Waals surface area contributed by atoms with E-state index in [1.54, 1.807) is 7.11 Å². The normalized spacial score (nSPS) is 17.6. The fourth-order valence-electron chi connectivity index (χ4n) is 2.75. The summed E-state index contributed by atoms with van der Waals surface area (Å²) in [6, 6.07) is 5.18. The van der Waals surface area contributed by atoms with Crippen LogP contribution >= 0.6 is 0 Å². The molecule has 7 heteroatoms. The maximum atomic E-state index is 13.0. The van der Waals surface area contributed by atoms with E-state index in [4.69, 9.17) is 4.74 Å². The molecule has 116 valence electrons. The topological polar surface area (TPSA) is 72.5 Å². The molecule has 0 radical (unpaired) electrons. The monoisotopic (exact) mass is 315 g/mol. The van der Waals surface area contributed by atoms with Gasteiger partial charge in [0.05, 0.1) is 12.0 Å². The molecule has 1 saturated carbocycles. The lowest BCUT2D eigenvalue weighted by atomic mass is 9.86. The third kappa shape index (κ3) is 3.59. The predicted molar refractivity (Wildman–Crippen MR) is 76.1 cm³/mol. The number of hydrogen-bond donors (Lipinski definition) is 1. The molecule has 1 aliphatic carbocycles. The lowest BCUT2D eigenvalue weighted by molar-refractivity contribution is -0.128. The molecule has 1 amide bonds. The van der Waals surface area contributed by atoms with Crippen molar-refractivity contribution >= 4 is 21.8 Å². The van der Waals surface area contributed by atoms with Gasteiger partial charge in [0.15, 0.2) is 0 Å². The molecular formula is C14H18FNO4S. The van der Waals surface area contributed by atoms with Crippen LogP contribution < -0.4 is 5.32 Å². The van der Waals surface area contributed by atoms with Crippen molar-refractivity contribution in [1.82, 2.24) is 0 Å². The number of nitrogens with one attached hydrogen (secondary N) is 1. The number of anilines is 1. The molecule has 1 aromatic carbocycles. The van der Waals surface area contributed by atoms with E-state index in [-0.39, 0.29) is 11.6 Å². The van der Waals surface area contributed by atoms with Crippen LogP contribution in [0.2, 0.25) is 0 Å². The van der Waals surface area contributed by atoms with Gasteiger partial charge in [-0.25, -0.2) is 0 Å². The zero-order valence-corrected chi connectivity index (χ0v) is 12.6. The fourth-order valence-corrected chi connectivity index (χ4v) is 3.26. The van der Waals surface area contributed by atoms with Gasteiger partial charge in [0, 0.05) is 12.8 Å². The highest BCUT2D eigenvalue weighted by atomic mass is 32.3. The zero-order valence-electron chi connectivity index (χ0n) is 11.8. The Morgan fingerprint density at radius 3 is 2.62 bits per heavy atom. The number of benzene rings is 1. The van der Waals surface area contributed by atoms with E-state index in [9.17, 15) is 17.1 Å². The molecule has 0 aromatic heterocycles. The van der Waals surface area contributed by atoms with Crippen molar-refractivity contribution in [3.63, 3.8) is 0 Å². The van der Waals surface area contributed by atoms with Crippen LogP contribution in [0.25, 0.3) is 0 Å². The SMILES string of the molecule is COCC1(C(=O)Nc2cccc(S(=O)(=O)F)c2)CCCC1. The van der Waals surface area contributed by atoms with Crippen LogP contribution in [-0.4, -0.2) is 28.0 Å². The lowest BCUT2D eigenvalue weighted by Crippen LogP contribution is -2.37. The molecular weight excluding hydrogens is 297 g/mol. The Balaban J connectivity index is 2.19.